The highest BCUT2D eigenvalue weighted by molar-refractivity contribution is 5.84. The van der Waals surface area contributed by atoms with Gasteiger partial charge in [0.15, 0.2) is 0 Å². The van der Waals surface area contributed by atoms with Crippen molar-refractivity contribution in [1.82, 2.24) is 4.98 Å². The summed E-state index contributed by atoms with van der Waals surface area (Å²) in [6, 6.07) is 10.7. The van der Waals surface area contributed by atoms with Crippen LogP contribution in [0.25, 0.3) is 10.9 Å². The third-order valence-electron chi connectivity index (χ3n) is 3.15. The van der Waals surface area contributed by atoms with E-state index in [-0.39, 0.29) is 5.92 Å². The fourth-order valence-electron chi connectivity index (χ4n) is 2.13. The summed E-state index contributed by atoms with van der Waals surface area (Å²) in [6.07, 6.45) is 1.76. The fourth-order valence-corrected chi connectivity index (χ4v) is 2.13. The molecule has 0 aliphatic rings. The second-order valence-corrected chi connectivity index (χ2v) is 4.21. The number of nitrogens with zero attached hydrogens (tertiary/aromatic N) is 1. The Morgan fingerprint density at radius 2 is 2.12 bits per heavy atom. The Morgan fingerprint density at radius 1 is 1.38 bits per heavy atom. The second-order valence-electron chi connectivity index (χ2n) is 4.21. The van der Waals surface area contributed by atoms with Gasteiger partial charge in [-0.3, -0.25) is 0 Å². The predicted molar refractivity (Wildman–Crippen MR) is 66.1 cm³/mol. The van der Waals surface area contributed by atoms with Crippen molar-refractivity contribution in [1.29, 1.82) is 5.26 Å². The molecule has 1 aromatic carbocycles. The summed E-state index contributed by atoms with van der Waals surface area (Å²) in [5.41, 5.74) is 3.65. The van der Waals surface area contributed by atoms with Crippen LogP contribution in [0.15, 0.2) is 24.3 Å². The van der Waals surface area contributed by atoms with Crippen LogP contribution in [-0.2, 0) is 6.42 Å². The summed E-state index contributed by atoms with van der Waals surface area (Å²) in [6.45, 7) is 4.15. The number of fused-ring (bicyclic) bond motifs is 1. The average molecular weight is 212 g/mol. The maximum Gasteiger partial charge on any atom is 0.0659 e. The maximum absolute atomic E-state index is 9.03. The van der Waals surface area contributed by atoms with E-state index < -0.39 is 0 Å². The zero-order chi connectivity index (χ0) is 11.5. The number of para-hydroxylation sites is 1. The van der Waals surface area contributed by atoms with E-state index in [1.165, 1.54) is 22.2 Å². The molecule has 2 aromatic rings. The maximum atomic E-state index is 9.03. The molecule has 1 aromatic heterocycles. The molecule has 2 nitrogen and oxygen atoms in total. The average Bonchev–Trinajstić information content (AvgIpc) is 2.62. The van der Waals surface area contributed by atoms with Gasteiger partial charge in [-0.2, -0.15) is 5.26 Å². The van der Waals surface area contributed by atoms with Gasteiger partial charge in [-0.15, -0.1) is 0 Å². The van der Waals surface area contributed by atoms with Gasteiger partial charge < -0.3 is 4.98 Å². The van der Waals surface area contributed by atoms with Crippen LogP contribution in [0.1, 0.15) is 24.6 Å². The van der Waals surface area contributed by atoms with Crippen molar-refractivity contribution in [3.63, 3.8) is 0 Å². The first-order chi connectivity index (χ1) is 7.76. The van der Waals surface area contributed by atoms with Gasteiger partial charge in [-0.25, -0.2) is 0 Å². The zero-order valence-electron chi connectivity index (χ0n) is 9.75. The minimum absolute atomic E-state index is 0.123. The summed E-state index contributed by atoms with van der Waals surface area (Å²) in [5.74, 6) is 0.123. The minimum Gasteiger partial charge on any atom is -0.358 e. The highest BCUT2D eigenvalue weighted by atomic mass is 14.7. The van der Waals surface area contributed by atoms with E-state index in [0.29, 0.717) is 0 Å². The lowest BCUT2D eigenvalue weighted by molar-refractivity contribution is 0.638. The molecule has 0 radical (unpaired) electrons. The predicted octanol–water partition coefficient (Wildman–Crippen LogP) is 3.57. The van der Waals surface area contributed by atoms with E-state index in [1.807, 2.05) is 12.1 Å². The van der Waals surface area contributed by atoms with Crippen LogP contribution in [0.2, 0.25) is 0 Å². The number of H-pyrrole nitrogens is 1. The first-order valence-electron chi connectivity index (χ1n) is 5.72. The Labute approximate surface area is 95.9 Å². The van der Waals surface area contributed by atoms with Crippen LogP contribution < -0.4 is 0 Å². The lowest BCUT2D eigenvalue weighted by Gasteiger charge is -2.05. The Morgan fingerprint density at radius 3 is 2.81 bits per heavy atom. The third-order valence-corrected chi connectivity index (χ3v) is 3.15. The lowest BCUT2D eigenvalue weighted by Crippen LogP contribution is -2.00. The summed E-state index contributed by atoms with van der Waals surface area (Å²) in [5, 5.41) is 10.3. The molecule has 1 heterocycles. The number of rotatable bonds is 3. The minimum atomic E-state index is 0.123. The largest absolute Gasteiger partial charge is 0.358 e. The van der Waals surface area contributed by atoms with E-state index in [2.05, 4.69) is 37.0 Å². The Balaban J connectivity index is 2.44. The van der Waals surface area contributed by atoms with Gasteiger partial charge in [0.25, 0.3) is 0 Å². The molecular weight excluding hydrogens is 196 g/mol. The first kappa shape index (κ1) is 10.8. The monoisotopic (exact) mass is 212 g/mol. The third kappa shape index (κ3) is 1.81. The molecule has 0 amide bonds. The SMILES string of the molecule is CCC(C#N)Cc1c(C)[nH]c2ccccc12. The number of aryl methyl sites for hydroxylation is 1. The molecule has 0 spiro atoms. The summed E-state index contributed by atoms with van der Waals surface area (Å²) >= 11 is 0. The number of nitriles is 1. The van der Waals surface area contributed by atoms with Crippen molar-refractivity contribution >= 4 is 10.9 Å². The molecule has 1 unspecified atom stereocenters. The molecular formula is C14H16N2. The van der Waals surface area contributed by atoms with E-state index in [0.717, 1.165) is 12.8 Å². The van der Waals surface area contributed by atoms with E-state index in [9.17, 15) is 0 Å². The van der Waals surface area contributed by atoms with Gasteiger partial charge >= 0.3 is 0 Å². The smallest absolute Gasteiger partial charge is 0.0659 e. The normalized spacial score (nSPS) is 12.6. The van der Waals surface area contributed by atoms with E-state index >= 15 is 0 Å². The van der Waals surface area contributed by atoms with Crippen LogP contribution >= 0.6 is 0 Å². The Hall–Kier alpha value is -1.75. The molecule has 0 saturated carbocycles. The van der Waals surface area contributed by atoms with Crippen molar-refractivity contribution in [3.05, 3.63) is 35.5 Å². The summed E-state index contributed by atoms with van der Waals surface area (Å²) in [4.78, 5) is 3.37. The van der Waals surface area contributed by atoms with Crippen LogP contribution in [0.5, 0.6) is 0 Å². The Kier molecular flexibility index (Phi) is 2.96. The lowest BCUT2D eigenvalue weighted by atomic mass is 9.96. The van der Waals surface area contributed by atoms with Crippen LogP contribution in [0.4, 0.5) is 0 Å². The van der Waals surface area contributed by atoms with Gasteiger partial charge in [0, 0.05) is 16.6 Å². The molecule has 82 valence electrons. The fraction of sp³-hybridized carbons (Fsp3) is 0.357. The van der Waals surface area contributed by atoms with Gasteiger partial charge in [0.1, 0.15) is 0 Å². The van der Waals surface area contributed by atoms with Gasteiger partial charge in [0.05, 0.1) is 12.0 Å². The van der Waals surface area contributed by atoms with Crippen molar-refractivity contribution in [2.24, 2.45) is 5.92 Å². The number of aromatic nitrogens is 1. The molecule has 1 N–H and O–H groups in total. The first-order valence-corrected chi connectivity index (χ1v) is 5.72. The van der Waals surface area contributed by atoms with Crippen molar-refractivity contribution in [2.75, 3.05) is 0 Å². The number of benzene rings is 1. The highest BCUT2D eigenvalue weighted by Gasteiger charge is 2.12. The van der Waals surface area contributed by atoms with Crippen molar-refractivity contribution < 1.29 is 0 Å². The summed E-state index contributed by atoms with van der Waals surface area (Å²) in [7, 11) is 0. The van der Waals surface area contributed by atoms with Crippen molar-refractivity contribution in [2.45, 2.75) is 26.7 Å². The Bertz CT molecular complexity index is 531. The molecule has 2 rings (SSSR count). The topological polar surface area (TPSA) is 39.6 Å². The van der Waals surface area contributed by atoms with Crippen LogP contribution in [-0.4, -0.2) is 4.98 Å². The van der Waals surface area contributed by atoms with Crippen LogP contribution in [0, 0.1) is 24.2 Å². The molecule has 1 atom stereocenters. The highest BCUT2D eigenvalue weighted by Crippen LogP contribution is 2.25. The molecule has 0 aliphatic carbocycles. The molecule has 0 saturated heterocycles. The number of nitrogens with one attached hydrogen (secondary N) is 1. The summed E-state index contributed by atoms with van der Waals surface area (Å²) < 4.78 is 0. The van der Waals surface area contributed by atoms with Gasteiger partial charge in [-0.1, -0.05) is 25.1 Å². The van der Waals surface area contributed by atoms with E-state index in [4.69, 9.17) is 5.26 Å². The molecule has 0 aliphatic heterocycles. The zero-order valence-corrected chi connectivity index (χ0v) is 9.75. The molecule has 0 fully saturated rings. The quantitative estimate of drug-likeness (QED) is 0.830. The van der Waals surface area contributed by atoms with Crippen LogP contribution in [0.3, 0.4) is 0 Å². The number of aromatic amines is 1. The van der Waals surface area contributed by atoms with Gasteiger partial charge in [0.2, 0.25) is 0 Å². The second kappa shape index (κ2) is 4.40. The molecule has 0 bridgehead atoms. The van der Waals surface area contributed by atoms with Gasteiger partial charge in [-0.05, 0) is 31.4 Å². The van der Waals surface area contributed by atoms with E-state index in [1.54, 1.807) is 0 Å². The molecule has 16 heavy (non-hydrogen) atoms. The number of hydrogen-bond donors (Lipinski definition) is 1. The standard InChI is InChI=1S/C14H16N2/c1-3-11(9-15)8-13-10(2)16-14-7-5-4-6-12(13)14/h4-7,11,16H,3,8H2,1-2H3. The van der Waals surface area contributed by atoms with Crippen molar-refractivity contribution in [3.8, 4) is 6.07 Å². The number of hydrogen-bond acceptors (Lipinski definition) is 1. The molecule has 2 heteroatoms.